The largest absolute Gasteiger partial charge is 0.368 e. The number of likely N-dealkylation sites (N-methyl/N-ethyl adjacent to an activating group) is 1. The number of rotatable bonds is 7. The summed E-state index contributed by atoms with van der Waals surface area (Å²) in [6.45, 7) is 1.72. The third kappa shape index (κ3) is 4.91. The average Bonchev–Trinajstić information content (AvgIpc) is 2.62. The fourth-order valence-corrected chi connectivity index (χ4v) is 2.61. The summed E-state index contributed by atoms with van der Waals surface area (Å²) < 4.78 is 0. The number of hydrogen-bond acceptors (Lipinski definition) is 6. The van der Waals surface area contributed by atoms with Crippen molar-refractivity contribution in [1.82, 2.24) is 19.9 Å². The number of aromatic nitrogens is 3. The van der Waals surface area contributed by atoms with Gasteiger partial charge in [0.25, 0.3) is 0 Å². The molecular formula is C19H21ClN6. The Balaban J connectivity index is 1.81. The van der Waals surface area contributed by atoms with Gasteiger partial charge < -0.3 is 15.5 Å². The molecule has 0 aliphatic heterocycles. The first-order valence-electron chi connectivity index (χ1n) is 8.31. The lowest BCUT2D eigenvalue weighted by molar-refractivity contribution is 0.425. The minimum atomic E-state index is 0.507. The van der Waals surface area contributed by atoms with E-state index in [2.05, 4.69) is 30.5 Å². The topological polar surface area (TPSA) is 66.0 Å². The fourth-order valence-electron chi connectivity index (χ4n) is 2.42. The Hall–Kier alpha value is -2.70. The molecule has 7 heteroatoms. The molecule has 0 aliphatic carbocycles. The number of halogens is 1. The minimum absolute atomic E-state index is 0.507. The molecule has 0 radical (unpaired) electrons. The maximum atomic E-state index is 6.03. The molecule has 1 aromatic carbocycles. The van der Waals surface area contributed by atoms with Gasteiger partial charge in [0.1, 0.15) is 5.82 Å². The number of nitrogens with one attached hydrogen (secondary N) is 2. The van der Waals surface area contributed by atoms with Gasteiger partial charge in [-0.2, -0.15) is 0 Å². The molecule has 0 bridgehead atoms. The zero-order valence-electron chi connectivity index (χ0n) is 14.8. The number of hydrogen-bond donors (Lipinski definition) is 2. The van der Waals surface area contributed by atoms with Gasteiger partial charge in [0.2, 0.25) is 5.95 Å². The van der Waals surface area contributed by atoms with E-state index in [9.17, 15) is 0 Å². The van der Waals surface area contributed by atoms with Gasteiger partial charge in [-0.25, -0.2) is 15.0 Å². The van der Waals surface area contributed by atoms with Gasteiger partial charge in [0, 0.05) is 41.8 Å². The van der Waals surface area contributed by atoms with Crippen molar-refractivity contribution >= 4 is 29.1 Å². The van der Waals surface area contributed by atoms with Gasteiger partial charge in [0.05, 0.1) is 5.69 Å². The maximum absolute atomic E-state index is 6.03. The van der Waals surface area contributed by atoms with Crippen LogP contribution in [0.3, 0.4) is 0 Å². The van der Waals surface area contributed by atoms with E-state index < -0.39 is 0 Å². The van der Waals surface area contributed by atoms with Gasteiger partial charge in [-0.1, -0.05) is 17.7 Å². The molecule has 3 aromatic rings. The molecule has 2 heterocycles. The molecule has 2 N–H and O–H groups in total. The average molecular weight is 369 g/mol. The summed E-state index contributed by atoms with van der Waals surface area (Å²) in [6, 6.07) is 13.2. The van der Waals surface area contributed by atoms with Crippen LogP contribution in [0.4, 0.5) is 17.5 Å². The highest BCUT2D eigenvalue weighted by Gasteiger charge is 2.09. The van der Waals surface area contributed by atoms with Crippen LogP contribution in [-0.4, -0.2) is 47.0 Å². The van der Waals surface area contributed by atoms with E-state index in [1.54, 1.807) is 12.4 Å². The van der Waals surface area contributed by atoms with Crippen LogP contribution in [0.5, 0.6) is 0 Å². The van der Waals surface area contributed by atoms with Gasteiger partial charge >= 0.3 is 0 Å². The smallest absolute Gasteiger partial charge is 0.227 e. The lowest BCUT2D eigenvalue weighted by Crippen LogP contribution is -2.21. The van der Waals surface area contributed by atoms with E-state index in [1.807, 2.05) is 56.6 Å². The quantitative estimate of drug-likeness (QED) is 0.659. The monoisotopic (exact) mass is 368 g/mol. The standard InChI is InChI=1S/C19H21ClN6/c1-26(2)12-11-22-18-16(7-4-9-21-18)17-8-10-23-19(25-17)24-15-6-3-5-14(20)13-15/h3-10,13H,11-12H2,1-2H3,(H,21,22)(H,23,24,25). The molecule has 0 saturated heterocycles. The molecule has 0 spiro atoms. The number of benzene rings is 1. The first-order valence-corrected chi connectivity index (χ1v) is 8.69. The van der Waals surface area contributed by atoms with Crippen LogP contribution in [0.2, 0.25) is 5.02 Å². The number of anilines is 3. The third-order valence-corrected chi connectivity index (χ3v) is 3.91. The molecule has 0 aliphatic rings. The van der Waals surface area contributed by atoms with Crippen molar-refractivity contribution < 1.29 is 0 Å². The van der Waals surface area contributed by atoms with Gasteiger partial charge in [-0.3, -0.25) is 0 Å². The normalized spacial score (nSPS) is 10.8. The Bertz CT molecular complexity index is 868. The second kappa shape index (κ2) is 8.60. The zero-order valence-corrected chi connectivity index (χ0v) is 15.5. The Morgan fingerprint density at radius 2 is 1.92 bits per heavy atom. The van der Waals surface area contributed by atoms with Crippen molar-refractivity contribution in [1.29, 1.82) is 0 Å². The van der Waals surface area contributed by atoms with E-state index >= 15 is 0 Å². The Morgan fingerprint density at radius 3 is 2.73 bits per heavy atom. The molecule has 26 heavy (non-hydrogen) atoms. The molecule has 134 valence electrons. The van der Waals surface area contributed by atoms with E-state index in [4.69, 9.17) is 11.6 Å². The van der Waals surface area contributed by atoms with Crippen molar-refractivity contribution in [2.75, 3.05) is 37.8 Å². The van der Waals surface area contributed by atoms with E-state index in [-0.39, 0.29) is 0 Å². The highest BCUT2D eigenvalue weighted by Crippen LogP contribution is 2.25. The molecule has 0 saturated carbocycles. The van der Waals surface area contributed by atoms with Crippen molar-refractivity contribution in [3.05, 3.63) is 59.9 Å². The van der Waals surface area contributed by atoms with Crippen LogP contribution in [0.15, 0.2) is 54.9 Å². The van der Waals surface area contributed by atoms with Gasteiger partial charge in [-0.05, 0) is 50.5 Å². The maximum Gasteiger partial charge on any atom is 0.227 e. The summed E-state index contributed by atoms with van der Waals surface area (Å²) in [5.41, 5.74) is 2.57. The Kier molecular flexibility index (Phi) is 5.99. The van der Waals surface area contributed by atoms with Crippen molar-refractivity contribution in [2.24, 2.45) is 0 Å². The Labute approximate surface area is 158 Å². The van der Waals surface area contributed by atoms with Crippen molar-refractivity contribution in [2.45, 2.75) is 0 Å². The molecule has 0 atom stereocenters. The third-order valence-electron chi connectivity index (χ3n) is 3.67. The second-order valence-corrected chi connectivity index (χ2v) is 6.47. The second-order valence-electron chi connectivity index (χ2n) is 6.03. The van der Waals surface area contributed by atoms with Crippen LogP contribution in [-0.2, 0) is 0 Å². The number of nitrogens with zero attached hydrogens (tertiary/aromatic N) is 4. The highest BCUT2D eigenvalue weighted by molar-refractivity contribution is 6.30. The Morgan fingerprint density at radius 1 is 1.04 bits per heavy atom. The molecular weight excluding hydrogens is 348 g/mol. The summed E-state index contributed by atoms with van der Waals surface area (Å²) in [6.07, 6.45) is 3.50. The zero-order chi connectivity index (χ0) is 18.4. The molecule has 6 nitrogen and oxygen atoms in total. The SMILES string of the molecule is CN(C)CCNc1ncccc1-c1ccnc(Nc2cccc(Cl)c2)n1. The summed E-state index contributed by atoms with van der Waals surface area (Å²) in [4.78, 5) is 15.5. The number of pyridine rings is 1. The van der Waals surface area contributed by atoms with E-state index in [0.717, 1.165) is 35.9 Å². The van der Waals surface area contributed by atoms with Crippen LogP contribution in [0.25, 0.3) is 11.3 Å². The lowest BCUT2D eigenvalue weighted by atomic mass is 10.2. The van der Waals surface area contributed by atoms with E-state index in [0.29, 0.717) is 11.0 Å². The van der Waals surface area contributed by atoms with Crippen molar-refractivity contribution in [3.8, 4) is 11.3 Å². The predicted molar refractivity (Wildman–Crippen MR) is 107 cm³/mol. The predicted octanol–water partition coefficient (Wildman–Crippen LogP) is 3.91. The highest BCUT2D eigenvalue weighted by atomic mass is 35.5. The summed E-state index contributed by atoms with van der Waals surface area (Å²) in [5.74, 6) is 1.31. The molecule has 0 amide bonds. The first-order chi connectivity index (χ1) is 12.6. The van der Waals surface area contributed by atoms with Crippen molar-refractivity contribution in [3.63, 3.8) is 0 Å². The summed E-state index contributed by atoms with van der Waals surface area (Å²) in [5, 5.41) is 7.21. The molecule has 0 unspecified atom stereocenters. The summed E-state index contributed by atoms with van der Waals surface area (Å²) >= 11 is 6.03. The van der Waals surface area contributed by atoms with Crippen LogP contribution in [0, 0.1) is 0 Å². The molecule has 2 aromatic heterocycles. The van der Waals surface area contributed by atoms with Gasteiger partial charge in [-0.15, -0.1) is 0 Å². The minimum Gasteiger partial charge on any atom is -0.368 e. The first kappa shape index (κ1) is 18.1. The molecule has 0 fully saturated rings. The fraction of sp³-hybridized carbons (Fsp3) is 0.211. The van der Waals surface area contributed by atoms with Crippen LogP contribution in [0.1, 0.15) is 0 Å². The summed E-state index contributed by atoms with van der Waals surface area (Å²) in [7, 11) is 4.08. The van der Waals surface area contributed by atoms with E-state index in [1.165, 1.54) is 0 Å². The van der Waals surface area contributed by atoms with Crippen LogP contribution >= 0.6 is 11.6 Å². The molecule has 3 rings (SSSR count). The van der Waals surface area contributed by atoms with Crippen LogP contribution < -0.4 is 10.6 Å². The van der Waals surface area contributed by atoms with Gasteiger partial charge in [0.15, 0.2) is 0 Å². The lowest BCUT2D eigenvalue weighted by Gasteiger charge is -2.13.